The van der Waals surface area contributed by atoms with E-state index in [4.69, 9.17) is 5.11 Å². The molecule has 0 spiro atoms. The number of hydrogen-bond donors (Lipinski definition) is 2. The highest BCUT2D eigenvalue weighted by atomic mass is 16.2. The molecule has 0 aromatic carbocycles. The molecule has 1 saturated carbocycles. The summed E-state index contributed by atoms with van der Waals surface area (Å²) < 4.78 is 0. The zero-order chi connectivity index (χ0) is 11.4. The van der Waals surface area contributed by atoms with Crippen molar-refractivity contribution in [1.82, 2.24) is 10.2 Å². The van der Waals surface area contributed by atoms with Gasteiger partial charge in [0.15, 0.2) is 0 Å². The summed E-state index contributed by atoms with van der Waals surface area (Å²) in [6, 6.07) is 0.663. The molecule has 2 N–H and O–H groups in total. The molecule has 2 unspecified atom stereocenters. The van der Waals surface area contributed by atoms with Gasteiger partial charge < -0.3 is 15.3 Å². The topological polar surface area (TPSA) is 35.5 Å². The lowest BCUT2D eigenvalue weighted by Crippen LogP contribution is -2.48. The number of nitrogens with zero attached hydrogens (tertiary/aromatic N) is 1. The molecule has 0 bridgehead atoms. The Morgan fingerprint density at radius 2 is 2.06 bits per heavy atom. The molecule has 3 nitrogen and oxygen atoms in total. The van der Waals surface area contributed by atoms with Gasteiger partial charge in [-0.25, -0.2) is 0 Å². The van der Waals surface area contributed by atoms with Gasteiger partial charge in [-0.2, -0.15) is 0 Å². The molecule has 0 radical (unpaired) electrons. The van der Waals surface area contributed by atoms with Crippen LogP contribution in [0.3, 0.4) is 0 Å². The van der Waals surface area contributed by atoms with Crippen molar-refractivity contribution < 1.29 is 5.11 Å². The van der Waals surface area contributed by atoms with Crippen LogP contribution in [0.1, 0.15) is 32.1 Å². The van der Waals surface area contributed by atoms with Gasteiger partial charge >= 0.3 is 0 Å². The molecule has 0 aromatic rings. The molecule has 94 valence electrons. The quantitative estimate of drug-likeness (QED) is 0.711. The van der Waals surface area contributed by atoms with Crippen molar-refractivity contribution in [2.24, 2.45) is 11.8 Å². The average molecular weight is 226 g/mol. The Labute approximate surface area is 99.2 Å². The number of likely N-dealkylation sites (N-methyl/N-ethyl adjacent to an activating group) is 1. The highest BCUT2D eigenvalue weighted by molar-refractivity contribution is 4.86. The summed E-state index contributed by atoms with van der Waals surface area (Å²) in [5, 5.41) is 12.3. The Morgan fingerprint density at radius 3 is 2.69 bits per heavy atom. The van der Waals surface area contributed by atoms with E-state index in [0.717, 1.165) is 18.3 Å². The van der Waals surface area contributed by atoms with Crippen LogP contribution in [-0.4, -0.2) is 49.3 Å². The number of nitrogens with one attached hydrogen (secondary N) is 1. The fourth-order valence-electron chi connectivity index (χ4n) is 2.92. The maximum Gasteiger partial charge on any atom is 0.0431 e. The SMILES string of the molecule is CNC1CC(CCCO)CN(CC2CC2)C1. The minimum atomic E-state index is 0.351. The summed E-state index contributed by atoms with van der Waals surface area (Å²) >= 11 is 0. The second-order valence-corrected chi connectivity index (χ2v) is 5.62. The fraction of sp³-hybridized carbons (Fsp3) is 1.00. The van der Waals surface area contributed by atoms with E-state index in [0.29, 0.717) is 12.6 Å². The summed E-state index contributed by atoms with van der Waals surface area (Å²) in [4.78, 5) is 2.64. The first-order valence-corrected chi connectivity index (χ1v) is 6.82. The van der Waals surface area contributed by atoms with E-state index in [1.54, 1.807) is 0 Å². The van der Waals surface area contributed by atoms with Gasteiger partial charge in [-0.15, -0.1) is 0 Å². The zero-order valence-electron chi connectivity index (χ0n) is 10.5. The van der Waals surface area contributed by atoms with Crippen LogP contribution in [-0.2, 0) is 0 Å². The van der Waals surface area contributed by atoms with Crippen molar-refractivity contribution in [2.75, 3.05) is 33.3 Å². The number of aliphatic hydroxyl groups is 1. The number of piperidine rings is 1. The van der Waals surface area contributed by atoms with E-state index in [-0.39, 0.29) is 0 Å². The van der Waals surface area contributed by atoms with Crippen LogP contribution >= 0.6 is 0 Å². The third kappa shape index (κ3) is 3.72. The van der Waals surface area contributed by atoms with Crippen molar-refractivity contribution in [3.63, 3.8) is 0 Å². The zero-order valence-corrected chi connectivity index (χ0v) is 10.5. The highest BCUT2D eigenvalue weighted by Crippen LogP contribution is 2.31. The molecule has 3 heteroatoms. The first kappa shape index (κ1) is 12.3. The molecule has 1 aliphatic heterocycles. The second kappa shape index (κ2) is 5.99. The molecule has 0 amide bonds. The van der Waals surface area contributed by atoms with Gasteiger partial charge in [0.05, 0.1) is 0 Å². The van der Waals surface area contributed by atoms with E-state index in [9.17, 15) is 0 Å². The minimum absolute atomic E-state index is 0.351. The van der Waals surface area contributed by atoms with Gasteiger partial charge in [0.2, 0.25) is 0 Å². The van der Waals surface area contributed by atoms with Gasteiger partial charge in [0.1, 0.15) is 0 Å². The Bertz CT molecular complexity index is 206. The highest BCUT2D eigenvalue weighted by Gasteiger charge is 2.30. The predicted molar refractivity (Wildman–Crippen MR) is 66.4 cm³/mol. The summed E-state index contributed by atoms with van der Waals surface area (Å²) in [6.07, 6.45) is 6.34. The number of hydrogen-bond acceptors (Lipinski definition) is 3. The van der Waals surface area contributed by atoms with E-state index in [1.165, 1.54) is 45.3 Å². The van der Waals surface area contributed by atoms with Gasteiger partial charge in [-0.1, -0.05) is 0 Å². The smallest absolute Gasteiger partial charge is 0.0431 e. The van der Waals surface area contributed by atoms with Crippen LogP contribution in [0.5, 0.6) is 0 Å². The summed E-state index contributed by atoms with van der Waals surface area (Å²) in [7, 11) is 2.08. The third-order valence-corrected chi connectivity index (χ3v) is 4.00. The molecule has 2 rings (SSSR count). The normalized spacial score (nSPS) is 31.9. The molecular weight excluding hydrogens is 200 g/mol. The lowest BCUT2D eigenvalue weighted by atomic mass is 9.90. The first-order valence-electron chi connectivity index (χ1n) is 6.82. The number of rotatable bonds is 6. The second-order valence-electron chi connectivity index (χ2n) is 5.62. The molecule has 1 saturated heterocycles. The van der Waals surface area contributed by atoms with Crippen LogP contribution in [0, 0.1) is 11.8 Å². The van der Waals surface area contributed by atoms with Crippen molar-refractivity contribution in [2.45, 2.75) is 38.1 Å². The van der Waals surface area contributed by atoms with Crippen LogP contribution in [0.25, 0.3) is 0 Å². The molecule has 1 heterocycles. The lowest BCUT2D eigenvalue weighted by molar-refractivity contribution is 0.128. The van der Waals surface area contributed by atoms with E-state index < -0.39 is 0 Å². The molecule has 2 fully saturated rings. The Balaban J connectivity index is 1.78. The van der Waals surface area contributed by atoms with Crippen LogP contribution < -0.4 is 5.32 Å². The van der Waals surface area contributed by atoms with Crippen molar-refractivity contribution >= 4 is 0 Å². The molecular formula is C13H26N2O. The van der Waals surface area contributed by atoms with Gasteiger partial charge in [0.25, 0.3) is 0 Å². The Morgan fingerprint density at radius 1 is 1.25 bits per heavy atom. The molecule has 1 aliphatic carbocycles. The van der Waals surface area contributed by atoms with Crippen LogP contribution in [0.15, 0.2) is 0 Å². The summed E-state index contributed by atoms with van der Waals surface area (Å²) in [5.74, 6) is 1.78. The lowest BCUT2D eigenvalue weighted by Gasteiger charge is -2.38. The standard InChI is InChI=1S/C13H26N2O/c1-14-13-7-12(3-2-6-16)9-15(10-13)8-11-4-5-11/h11-14,16H,2-10H2,1H3. The molecule has 2 aliphatic rings. The first-order chi connectivity index (χ1) is 7.81. The Hall–Kier alpha value is -0.120. The average Bonchev–Trinajstić information content (AvgIpc) is 3.10. The third-order valence-electron chi connectivity index (χ3n) is 4.00. The maximum absolute atomic E-state index is 8.91. The number of likely N-dealkylation sites (tertiary alicyclic amines) is 1. The van der Waals surface area contributed by atoms with E-state index in [2.05, 4.69) is 17.3 Å². The predicted octanol–water partition coefficient (Wildman–Crippen LogP) is 1.08. The van der Waals surface area contributed by atoms with Crippen LogP contribution in [0.4, 0.5) is 0 Å². The largest absolute Gasteiger partial charge is 0.396 e. The van der Waals surface area contributed by atoms with Gasteiger partial charge in [-0.3, -0.25) is 0 Å². The fourth-order valence-corrected chi connectivity index (χ4v) is 2.92. The summed E-state index contributed by atoms with van der Waals surface area (Å²) in [5.41, 5.74) is 0. The van der Waals surface area contributed by atoms with E-state index in [1.807, 2.05) is 0 Å². The number of aliphatic hydroxyl groups excluding tert-OH is 1. The molecule has 2 atom stereocenters. The van der Waals surface area contributed by atoms with Crippen molar-refractivity contribution in [3.05, 3.63) is 0 Å². The maximum atomic E-state index is 8.91. The molecule has 16 heavy (non-hydrogen) atoms. The van der Waals surface area contributed by atoms with Gasteiger partial charge in [0, 0.05) is 32.3 Å². The van der Waals surface area contributed by atoms with E-state index >= 15 is 0 Å². The molecule has 0 aromatic heterocycles. The Kier molecular flexibility index (Phi) is 4.62. The van der Waals surface area contributed by atoms with Crippen molar-refractivity contribution in [1.29, 1.82) is 0 Å². The minimum Gasteiger partial charge on any atom is -0.396 e. The monoisotopic (exact) mass is 226 g/mol. The van der Waals surface area contributed by atoms with Crippen molar-refractivity contribution in [3.8, 4) is 0 Å². The summed E-state index contributed by atoms with van der Waals surface area (Å²) in [6.45, 7) is 4.15. The van der Waals surface area contributed by atoms with Crippen LogP contribution in [0.2, 0.25) is 0 Å². The van der Waals surface area contributed by atoms with Gasteiger partial charge in [-0.05, 0) is 51.0 Å².